The maximum Gasteiger partial charge on any atom is 0.319 e. The van der Waals surface area contributed by atoms with Crippen LogP contribution < -0.4 is 9.64 Å². The molecule has 0 unspecified atom stereocenters. The van der Waals surface area contributed by atoms with Gasteiger partial charge in [0.15, 0.2) is 5.82 Å². The summed E-state index contributed by atoms with van der Waals surface area (Å²) in [5.74, 6) is 2.02. The Hall–Kier alpha value is -3.87. The standard InChI is InChI=1S/C34H33F2N5O2/c1-2-23-25(35)11-9-21-7-3-8-24(27(21)23)30-29(36)31-28-26(37-30)12-10-22-19-42-18-6-17-41(22)32(28)39-33(38-31)43-20-34-13-4-15-40(34)16-5-14-34/h1,3,7-9,11,22H,4-6,10,12-20H2/t22-/m0/s1. The van der Waals surface area contributed by atoms with Crippen molar-refractivity contribution in [2.75, 3.05) is 44.4 Å². The van der Waals surface area contributed by atoms with E-state index >= 15 is 4.39 Å². The second-order valence-electron chi connectivity index (χ2n) is 12.3. The van der Waals surface area contributed by atoms with Gasteiger partial charge in [-0.05, 0) is 69.5 Å². The zero-order chi connectivity index (χ0) is 29.1. The molecule has 4 aromatic rings. The van der Waals surface area contributed by atoms with Crippen LogP contribution in [0.3, 0.4) is 0 Å². The number of anilines is 1. The summed E-state index contributed by atoms with van der Waals surface area (Å²) in [5.41, 5.74) is 1.53. The third-order valence-corrected chi connectivity index (χ3v) is 9.92. The van der Waals surface area contributed by atoms with Crippen molar-refractivity contribution in [3.05, 3.63) is 53.2 Å². The minimum atomic E-state index is -0.585. The lowest BCUT2D eigenvalue weighted by Gasteiger charge is -2.32. The van der Waals surface area contributed by atoms with Crippen molar-refractivity contribution >= 4 is 27.5 Å². The first-order valence-corrected chi connectivity index (χ1v) is 15.4. The predicted octanol–water partition coefficient (Wildman–Crippen LogP) is 5.65. The molecule has 8 rings (SSSR count). The van der Waals surface area contributed by atoms with Gasteiger partial charge in [0, 0.05) is 24.1 Å². The number of fused-ring (bicyclic) bond motifs is 4. The van der Waals surface area contributed by atoms with E-state index in [0.717, 1.165) is 58.2 Å². The molecule has 0 spiro atoms. The molecule has 3 saturated heterocycles. The van der Waals surface area contributed by atoms with E-state index < -0.39 is 11.6 Å². The van der Waals surface area contributed by atoms with Crippen LogP contribution >= 0.6 is 0 Å². The number of aromatic nitrogens is 3. The Bertz CT molecular complexity index is 1790. The molecule has 6 heterocycles. The molecule has 0 saturated carbocycles. The summed E-state index contributed by atoms with van der Waals surface area (Å²) in [7, 11) is 0. The van der Waals surface area contributed by atoms with E-state index in [4.69, 9.17) is 30.8 Å². The fraction of sp³-hybridized carbons (Fsp3) is 0.441. The second-order valence-corrected chi connectivity index (χ2v) is 12.3. The molecule has 3 fully saturated rings. The lowest BCUT2D eigenvalue weighted by molar-refractivity contribution is 0.108. The molecule has 0 bridgehead atoms. The molecule has 2 aromatic carbocycles. The van der Waals surface area contributed by atoms with Crippen molar-refractivity contribution in [1.82, 2.24) is 19.9 Å². The SMILES string of the molecule is C#Cc1c(F)ccc2cccc(-c3nc4c5c(nc(OCC67CCCN6CCC7)nc5c3F)N3CCCOC[C@@H]3CC4)c12. The molecule has 9 heteroatoms. The van der Waals surface area contributed by atoms with E-state index in [1.807, 2.05) is 12.1 Å². The van der Waals surface area contributed by atoms with Gasteiger partial charge in [0.25, 0.3) is 0 Å². The molecular weight excluding hydrogens is 548 g/mol. The maximum atomic E-state index is 16.9. The van der Waals surface area contributed by atoms with E-state index in [9.17, 15) is 4.39 Å². The van der Waals surface area contributed by atoms with Gasteiger partial charge in [-0.3, -0.25) is 4.90 Å². The topological polar surface area (TPSA) is 63.6 Å². The van der Waals surface area contributed by atoms with Crippen molar-refractivity contribution in [2.24, 2.45) is 0 Å². The van der Waals surface area contributed by atoms with Gasteiger partial charge in [0.1, 0.15) is 29.5 Å². The number of aryl methyl sites for hydroxylation is 1. The Morgan fingerprint density at radius 3 is 2.72 bits per heavy atom. The molecule has 0 amide bonds. The Morgan fingerprint density at radius 2 is 1.88 bits per heavy atom. The maximum absolute atomic E-state index is 16.9. The van der Waals surface area contributed by atoms with Crippen molar-refractivity contribution in [1.29, 1.82) is 0 Å². The first kappa shape index (κ1) is 26.7. The highest BCUT2D eigenvalue weighted by Gasteiger charge is 2.45. The highest BCUT2D eigenvalue weighted by Crippen LogP contribution is 2.42. The number of hydrogen-bond acceptors (Lipinski definition) is 7. The highest BCUT2D eigenvalue weighted by atomic mass is 19.1. The van der Waals surface area contributed by atoms with Gasteiger partial charge in [0.05, 0.1) is 34.8 Å². The number of ether oxygens (including phenoxy) is 2. The third-order valence-electron chi connectivity index (χ3n) is 9.92. The summed E-state index contributed by atoms with van der Waals surface area (Å²) in [6, 6.07) is 8.66. The highest BCUT2D eigenvalue weighted by molar-refractivity contribution is 6.02. The molecule has 0 radical (unpaired) electrons. The average molecular weight is 582 g/mol. The van der Waals surface area contributed by atoms with Crippen molar-refractivity contribution < 1.29 is 18.3 Å². The van der Waals surface area contributed by atoms with Crippen LogP contribution in [0.4, 0.5) is 14.6 Å². The summed E-state index contributed by atoms with van der Waals surface area (Å²) in [5, 5.41) is 1.79. The second kappa shape index (κ2) is 10.4. The average Bonchev–Trinajstić information content (AvgIpc) is 3.46. The molecule has 0 aliphatic carbocycles. The van der Waals surface area contributed by atoms with Gasteiger partial charge in [-0.1, -0.05) is 30.2 Å². The Morgan fingerprint density at radius 1 is 1.02 bits per heavy atom. The quantitative estimate of drug-likeness (QED) is 0.289. The van der Waals surface area contributed by atoms with Gasteiger partial charge in [-0.15, -0.1) is 6.42 Å². The number of benzene rings is 2. The largest absolute Gasteiger partial charge is 0.461 e. The third kappa shape index (κ3) is 4.26. The van der Waals surface area contributed by atoms with Crippen molar-refractivity contribution in [2.45, 2.75) is 56.5 Å². The summed E-state index contributed by atoms with van der Waals surface area (Å²) in [6.45, 7) is 4.63. The van der Waals surface area contributed by atoms with Crippen molar-refractivity contribution in [3.63, 3.8) is 0 Å². The zero-order valence-electron chi connectivity index (χ0n) is 24.0. The first-order valence-electron chi connectivity index (χ1n) is 15.4. The van der Waals surface area contributed by atoms with Crippen LogP contribution in [0.2, 0.25) is 0 Å². The van der Waals surface area contributed by atoms with Crippen LogP contribution in [-0.2, 0) is 11.2 Å². The van der Waals surface area contributed by atoms with Gasteiger partial charge >= 0.3 is 6.01 Å². The monoisotopic (exact) mass is 581 g/mol. The van der Waals surface area contributed by atoms with Crippen molar-refractivity contribution in [3.8, 4) is 29.6 Å². The van der Waals surface area contributed by atoms with Crippen LogP contribution in [0.15, 0.2) is 30.3 Å². The van der Waals surface area contributed by atoms with Gasteiger partial charge < -0.3 is 14.4 Å². The van der Waals surface area contributed by atoms with E-state index in [2.05, 4.69) is 15.7 Å². The summed E-state index contributed by atoms with van der Waals surface area (Å²) < 4.78 is 44.1. The van der Waals surface area contributed by atoms with E-state index in [1.165, 1.54) is 6.07 Å². The first-order chi connectivity index (χ1) is 21.1. The molecular formula is C34H33F2N5O2. The summed E-state index contributed by atoms with van der Waals surface area (Å²) in [6.07, 6.45) is 12.5. The minimum absolute atomic E-state index is 0.00280. The predicted molar refractivity (Wildman–Crippen MR) is 161 cm³/mol. The smallest absolute Gasteiger partial charge is 0.319 e. The molecule has 1 atom stereocenters. The lowest BCUT2D eigenvalue weighted by Crippen LogP contribution is -2.43. The Kier molecular flexibility index (Phi) is 6.46. The fourth-order valence-corrected chi connectivity index (χ4v) is 7.84. The number of pyridine rings is 1. The lowest BCUT2D eigenvalue weighted by atomic mass is 9.95. The minimum Gasteiger partial charge on any atom is -0.461 e. The van der Waals surface area contributed by atoms with E-state index in [1.54, 1.807) is 12.1 Å². The zero-order valence-corrected chi connectivity index (χ0v) is 24.0. The Balaban J connectivity index is 1.33. The van der Waals surface area contributed by atoms with E-state index in [-0.39, 0.29) is 34.4 Å². The summed E-state index contributed by atoms with van der Waals surface area (Å²) >= 11 is 0. The number of halogens is 2. The van der Waals surface area contributed by atoms with Gasteiger partial charge in [0.2, 0.25) is 0 Å². The number of hydrogen-bond donors (Lipinski definition) is 0. The number of rotatable bonds is 4. The van der Waals surface area contributed by atoms with Gasteiger partial charge in [-0.2, -0.15) is 9.97 Å². The number of terminal acetylenes is 1. The molecule has 4 aliphatic heterocycles. The van der Waals surface area contributed by atoms with Crippen LogP contribution in [0.1, 0.15) is 49.8 Å². The van der Waals surface area contributed by atoms with Crippen LogP contribution in [0.25, 0.3) is 32.9 Å². The fourth-order valence-electron chi connectivity index (χ4n) is 7.84. The van der Waals surface area contributed by atoms with E-state index in [0.29, 0.717) is 59.5 Å². The molecule has 220 valence electrons. The van der Waals surface area contributed by atoms with Crippen LogP contribution in [0, 0.1) is 24.0 Å². The Labute approximate surface area is 249 Å². The molecule has 2 aromatic heterocycles. The molecule has 7 nitrogen and oxygen atoms in total. The van der Waals surface area contributed by atoms with Crippen LogP contribution in [-0.4, -0.2) is 70.9 Å². The number of nitrogens with zero attached hydrogens (tertiary/aromatic N) is 5. The van der Waals surface area contributed by atoms with Gasteiger partial charge in [-0.25, -0.2) is 13.8 Å². The molecule has 0 N–H and O–H groups in total. The molecule has 4 aliphatic rings. The normalized spacial score (nSPS) is 21.3. The summed E-state index contributed by atoms with van der Waals surface area (Å²) in [4.78, 5) is 19.4. The van der Waals surface area contributed by atoms with Crippen LogP contribution in [0.5, 0.6) is 6.01 Å². The molecule has 43 heavy (non-hydrogen) atoms.